The second-order valence-electron chi connectivity index (χ2n) is 4.80. The molecule has 0 fully saturated rings. The zero-order valence-corrected chi connectivity index (χ0v) is 14.1. The minimum atomic E-state index is -0.383. The second-order valence-corrected chi connectivity index (χ2v) is 6.38. The van der Waals surface area contributed by atoms with E-state index in [0.29, 0.717) is 0 Å². The SMILES string of the molecule is O=C(N/N=C/c1ccc(Sc2ccc(Cl)cc2)cc1)c1ccco1. The summed E-state index contributed by atoms with van der Waals surface area (Å²) in [4.78, 5) is 13.9. The summed E-state index contributed by atoms with van der Waals surface area (Å²) in [6, 6.07) is 18.8. The molecule has 24 heavy (non-hydrogen) atoms. The Labute approximate surface area is 148 Å². The highest BCUT2D eigenvalue weighted by molar-refractivity contribution is 7.99. The summed E-state index contributed by atoms with van der Waals surface area (Å²) in [6.45, 7) is 0. The summed E-state index contributed by atoms with van der Waals surface area (Å²) in [7, 11) is 0. The van der Waals surface area contributed by atoms with Gasteiger partial charge in [-0.05, 0) is 54.1 Å². The van der Waals surface area contributed by atoms with Crippen LogP contribution in [0.5, 0.6) is 0 Å². The fraction of sp³-hybridized carbons (Fsp3) is 0. The number of rotatable bonds is 5. The van der Waals surface area contributed by atoms with Gasteiger partial charge in [0, 0.05) is 14.8 Å². The molecule has 6 heteroatoms. The van der Waals surface area contributed by atoms with Crippen LogP contribution in [0.25, 0.3) is 0 Å². The second kappa shape index (κ2) is 7.86. The number of hydrogen-bond donors (Lipinski definition) is 1. The maximum absolute atomic E-state index is 11.6. The number of hydrazone groups is 1. The van der Waals surface area contributed by atoms with E-state index in [2.05, 4.69) is 10.5 Å². The van der Waals surface area contributed by atoms with Gasteiger partial charge in [0.1, 0.15) is 0 Å². The van der Waals surface area contributed by atoms with E-state index in [1.807, 2.05) is 48.5 Å². The first-order valence-electron chi connectivity index (χ1n) is 7.11. The third-order valence-electron chi connectivity index (χ3n) is 3.05. The van der Waals surface area contributed by atoms with Crippen LogP contribution in [0.3, 0.4) is 0 Å². The van der Waals surface area contributed by atoms with Gasteiger partial charge in [0.2, 0.25) is 0 Å². The van der Waals surface area contributed by atoms with Crippen LogP contribution < -0.4 is 5.43 Å². The Bertz CT molecular complexity index is 828. The Hall–Kier alpha value is -2.50. The van der Waals surface area contributed by atoms with Crippen molar-refractivity contribution in [3.05, 3.63) is 83.3 Å². The van der Waals surface area contributed by atoms with Crippen LogP contribution in [-0.4, -0.2) is 12.1 Å². The van der Waals surface area contributed by atoms with Crippen molar-refractivity contribution in [1.29, 1.82) is 0 Å². The molecule has 4 nitrogen and oxygen atoms in total. The summed E-state index contributed by atoms with van der Waals surface area (Å²) in [5.74, 6) is -0.159. The van der Waals surface area contributed by atoms with Gasteiger partial charge in [-0.1, -0.05) is 35.5 Å². The van der Waals surface area contributed by atoms with E-state index < -0.39 is 0 Å². The Kier molecular flexibility index (Phi) is 5.36. The number of nitrogens with zero attached hydrogens (tertiary/aromatic N) is 1. The van der Waals surface area contributed by atoms with Gasteiger partial charge < -0.3 is 4.42 Å². The third kappa shape index (κ3) is 4.50. The summed E-state index contributed by atoms with van der Waals surface area (Å²) in [5.41, 5.74) is 3.30. The molecule has 120 valence electrons. The Morgan fingerprint density at radius 1 is 1.04 bits per heavy atom. The molecule has 0 spiro atoms. The van der Waals surface area contributed by atoms with Gasteiger partial charge in [0.25, 0.3) is 0 Å². The average molecular weight is 357 g/mol. The van der Waals surface area contributed by atoms with Crippen LogP contribution in [0.15, 0.2) is 86.2 Å². The lowest BCUT2D eigenvalue weighted by Gasteiger charge is -2.02. The Morgan fingerprint density at radius 2 is 1.71 bits per heavy atom. The van der Waals surface area contributed by atoms with Crippen molar-refractivity contribution in [2.45, 2.75) is 9.79 Å². The van der Waals surface area contributed by atoms with E-state index >= 15 is 0 Å². The molecule has 1 heterocycles. The van der Waals surface area contributed by atoms with Crippen molar-refractivity contribution in [3.63, 3.8) is 0 Å². The zero-order chi connectivity index (χ0) is 16.8. The molecule has 2 aromatic carbocycles. The lowest BCUT2D eigenvalue weighted by Crippen LogP contribution is -2.16. The van der Waals surface area contributed by atoms with Crippen molar-refractivity contribution in [2.75, 3.05) is 0 Å². The first-order chi connectivity index (χ1) is 11.7. The highest BCUT2D eigenvalue weighted by Gasteiger charge is 2.05. The third-order valence-corrected chi connectivity index (χ3v) is 4.32. The van der Waals surface area contributed by atoms with Crippen LogP contribution in [0.2, 0.25) is 5.02 Å². The van der Waals surface area contributed by atoms with Crippen molar-refractivity contribution in [2.24, 2.45) is 5.10 Å². The quantitative estimate of drug-likeness (QED) is 0.525. The van der Waals surface area contributed by atoms with E-state index in [-0.39, 0.29) is 11.7 Å². The van der Waals surface area contributed by atoms with Crippen molar-refractivity contribution in [1.82, 2.24) is 5.43 Å². The Balaban J connectivity index is 1.57. The molecule has 0 radical (unpaired) electrons. The number of amides is 1. The molecular formula is C18H13ClN2O2S. The Morgan fingerprint density at radius 3 is 2.33 bits per heavy atom. The van der Waals surface area contributed by atoms with E-state index in [1.165, 1.54) is 6.26 Å². The van der Waals surface area contributed by atoms with Gasteiger partial charge >= 0.3 is 5.91 Å². The highest BCUT2D eigenvalue weighted by Crippen LogP contribution is 2.28. The topological polar surface area (TPSA) is 54.6 Å². The zero-order valence-electron chi connectivity index (χ0n) is 12.5. The molecule has 1 N–H and O–H groups in total. The number of carbonyl (C=O) groups is 1. The lowest BCUT2D eigenvalue weighted by atomic mass is 10.2. The molecule has 1 aromatic heterocycles. The van der Waals surface area contributed by atoms with E-state index in [4.69, 9.17) is 16.0 Å². The number of nitrogens with one attached hydrogen (secondary N) is 1. The first-order valence-corrected chi connectivity index (χ1v) is 8.30. The molecule has 3 rings (SSSR count). The number of benzene rings is 2. The summed E-state index contributed by atoms with van der Waals surface area (Å²) >= 11 is 7.53. The lowest BCUT2D eigenvalue weighted by molar-refractivity contribution is 0.0927. The minimum Gasteiger partial charge on any atom is -0.459 e. The van der Waals surface area contributed by atoms with Gasteiger partial charge in [-0.2, -0.15) is 5.10 Å². The van der Waals surface area contributed by atoms with E-state index in [1.54, 1.807) is 30.1 Å². The van der Waals surface area contributed by atoms with Crippen molar-refractivity contribution >= 4 is 35.5 Å². The number of halogens is 1. The summed E-state index contributed by atoms with van der Waals surface area (Å²) < 4.78 is 4.98. The standard InChI is InChI=1S/C18H13ClN2O2S/c19-14-5-9-16(10-6-14)24-15-7-3-13(4-8-15)12-20-21-18(22)17-2-1-11-23-17/h1-12H,(H,21,22)/b20-12+. The minimum absolute atomic E-state index is 0.224. The maximum atomic E-state index is 11.6. The molecule has 0 unspecified atom stereocenters. The maximum Gasteiger partial charge on any atom is 0.307 e. The number of carbonyl (C=O) groups excluding carboxylic acids is 1. The predicted molar refractivity (Wildman–Crippen MR) is 95.8 cm³/mol. The van der Waals surface area contributed by atoms with Gasteiger partial charge in [0.05, 0.1) is 12.5 Å². The van der Waals surface area contributed by atoms with E-state index in [0.717, 1.165) is 20.4 Å². The first kappa shape index (κ1) is 16.4. The number of furan rings is 1. The van der Waals surface area contributed by atoms with Crippen LogP contribution in [0, 0.1) is 0 Å². The monoisotopic (exact) mass is 356 g/mol. The molecule has 0 aliphatic carbocycles. The smallest absolute Gasteiger partial charge is 0.307 e. The fourth-order valence-corrected chi connectivity index (χ4v) is 2.83. The van der Waals surface area contributed by atoms with Crippen molar-refractivity contribution < 1.29 is 9.21 Å². The molecule has 0 aliphatic rings. The summed E-state index contributed by atoms with van der Waals surface area (Å²) in [5, 5.41) is 4.64. The normalized spacial score (nSPS) is 10.9. The molecule has 1 amide bonds. The van der Waals surface area contributed by atoms with Crippen LogP contribution in [0.1, 0.15) is 16.1 Å². The van der Waals surface area contributed by atoms with Crippen molar-refractivity contribution in [3.8, 4) is 0 Å². The highest BCUT2D eigenvalue weighted by atomic mass is 35.5. The van der Waals surface area contributed by atoms with Gasteiger partial charge in [-0.15, -0.1) is 0 Å². The molecule has 0 aliphatic heterocycles. The molecule has 0 saturated heterocycles. The van der Waals surface area contributed by atoms with Crippen LogP contribution in [0.4, 0.5) is 0 Å². The van der Waals surface area contributed by atoms with Crippen LogP contribution >= 0.6 is 23.4 Å². The molecular weight excluding hydrogens is 344 g/mol. The largest absolute Gasteiger partial charge is 0.459 e. The molecule has 0 atom stereocenters. The number of hydrogen-bond acceptors (Lipinski definition) is 4. The van der Waals surface area contributed by atoms with Crippen LogP contribution in [-0.2, 0) is 0 Å². The van der Waals surface area contributed by atoms with Gasteiger partial charge in [-0.25, -0.2) is 5.43 Å². The summed E-state index contributed by atoms with van der Waals surface area (Å²) in [6.07, 6.45) is 3.02. The predicted octanol–water partition coefficient (Wildman–Crippen LogP) is 4.85. The molecule has 0 bridgehead atoms. The van der Waals surface area contributed by atoms with Gasteiger partial charge in [-0.3, -0.25) is 4.79 Å². The van der Waals surface area contributed by atoms with Gasteiger partial charge in [0.15, 0.2) is 5.76 Å². The molecule has 0 saturated carbocycles. The fourth-order valence-electron chi connectivity index (χ4n) is 1.89. The molecule has 3 aromatic rings. The van der Waals surface area contributed by atoms with E-state index in [9.17, 15) is 4.79 Å². The average Bonchev–Trinajstić information content (AvgIpc) is 3.13.